The standard InChI is InChI=1S/C11H17N.ClH/c1-9(2)12-10(3)11-7-5-4-6-8-11;/h4-10,12H,1-3H3;1H/t10-;/m1./s1. The summed E-state index contributed by atoms with van der Waals surface area (Å²) in [6, 6.07) is 11.5. The highest BCUT2D eigenvalue weighted by Crippen LogP contribution is 2.11. The highest BCUT2D eigenvalue weighted by molar-refractivity contribution is 5.85. The van der Waals surface area contributed by atoms with E-state index in [9.17, 15) is 0 Å². The zero-order valence-corrected chi connectivity index (χ0v) is 9.27. The molecular formula is C11H18ClN. The molecule has 74 valence electrons. The Morgan fingerprint density at radius 1 is 1.00 bits per heavy atom. The molecule has 0 heterocycles. The Hall–Kier alpha value is -0.530. The molecule has 0 aliphatic rings. The van der Waals surface area contributed by atoms with Crippen molar-refractivity contribution in [3.8, 4) is 0 Å². The topological polar surface area (TPSA) is 12.0 Å². The zero-order chi connectivity index (χ0) is 8.97. The molecule has 0 aromatic heterocycles. The van der Waals surface area contributed by atoms with E-state index in [4.69, 9.17) is 0 Å². The molecule has 0 aliphatic carbocycles. The van der Waals surface area contributed by atoms with Gasteiger partial charge >= 0.3 is 0 Å². The highest BCUT2D eigenvalue weighted by Gasteiger charge is 2.04. The van der Waals surface area contributed by atoms with Gasteiger partial charge in [-0.05, 0) is 12.5 Å². The van der Waals surface area contributed by atoms with Crippen LogP contribution in [0.4, 0.5) is 0 Å². The van der Waals surface area contributed by atoms with Crippen LogP contribution in [0.3, 0.4) is 0 Å². The predicted molar refractivity (Wildman–Crippen MR) is 60.4 cm³/mol. The first kappa shape index (κ1) is 12.5. The Morgan fingerprint density at radius 2 is 1.54 bits per heavy atom. The number of rotatable bonds is 3. The quantitative estimate of drug-likeness (QED) is 0.789. The lowest BCUT2D eigenvalue weighted by Crippen LogP contribution is -2.25. The summed E-state index contributed by atoms with van der Waals surface area (Å²) < 4.78 is 0. The van der Waals surface area contributed by atoms with Crippen molar-refractivity contribution in [3.05, 3.63) is 35.9 Å². The Balaban J connectivity index is 0.00000144. The Kier molecular flexibility index (Phi) is 5.76. The van der Waals surface area contributed by atoms with Gasteiger partial charge in [0.05, 0.1) is 0 Å². The molecule has 0 saturated carbocycles. The van der Waals surface area contributed by atoms with Crippen molar-refractivity contribution in [2.75, 3.05) is 0 Å². The molecule has 1 atom stereocenters. The maximum absolute atomic E-state index is 3.46. The summed E-state index contributed by atoms with van der Waals surface area (Å²) in [5.74, 6) is 0. The minimum Gasteiger partial charge on any atom is -0.308 e. The molecule has 0 aliphatic heterocycles. The van der Waals surface area contributed by atoms with Crippen LogP contribution in [-0.4, -0.2) is 6.04 Å². The lowest BCUT2D eigenvalue weighted by Gasteiger charge is -2.16. The van der Waals surface area contributed by atoms with Crippen LogP contribution >= 0.6 is 12.4 Å². The van der Waals surface area contributed by atoms with Gasteiger partial charge in [-0.3, -0.25) is 0 Å². The number of benzene rings is 1. The van der Waals surface area contributed by atoms with Crippen LogP contribution < -0.4 is 5.32 Å². The summed E-state index contributed by atoms with van der Waals surface area (Å²) >= 11 is 0. The SMILES string of the molecule is CC(C)N[C@H](C)c1ccccc1.Cl. The summed E-state index contributed by atoms with van der Waals surface area (Å²) in [5.41, 5.74) is 1.35. The summed E-state index contributed by atoms with van der Waals surface area (Å²) in [7, 11) is 0. The largest absolute Gasteiger partial charge is 0.308 e. The average molecular weight is 200 g/mol. The molecule has 0 amide bonds. The zero-order valence-electron chi connectivity index (χ0n) is 8.45. The van der Waals surface area contributed by atoms with Gasteiger partial charge in [-0.25, -0.2) is 0 Å². The van der Waals surface area contributed by atoms with E-state index in [1.54, 1.807) is 0 Å². The molecule has 0 unspecified atom stereocenters. The minimum atomic E-state index is 0. The molecule has 1 rings (SSSR count). The fourth-order valence-corrected chi connectivity index (χ4v) is 1.34. The lowest BCUT2D eigenvalue weighted by atomic mass is 10.1. The van der Waals surface area contributed by atoms with Crippen LogP contribution in [0.15, 0.2) is 30.3 Å². The van der Waals surface area contributed by atoms with Crippen LogP contribution in [0.5, 0.6) is 0 Å². The molecule has 13 heavy (non-hydrogen) atoms. The van der Waals surface area contributed by atoms with Crippen molar-refractivity contribution in [3.63, 3.8) is 0 Å². The van der Waals surface area contributed by atoms with Crippen LogP contribution in [0.1, 0.15) is 32.4 Å². The maximum Gasteiger partial charge on any atom is 0.0294 e. The lowest BCUT2D eigenvalue weighted by molar-refractivity contribution is 0.506. The molecule has 2 heteroatoms. The van der Waals surface area contributed by atoms with E-state index in [0.29, 0.717) is 12.1 Å². The molecule has 1 aromatic rings. The summed E-state index contributed by atoms with van der Waals surface area (Å²) in [6.07, 6.45) is 0. The average Bonchev–Trinajstić information content (AvgIpc) is 2.05. The van der Waals surface area contributed by atoms with E-state index in [1.165, 1.54) is 5.56 Å². The molecular weight excluding hydrogens is 182 g/mol. The molecule has 1 aromatic carbocycles. The van der Waals surface area contributed by atoms with Gasteiger partial charge < -0.3 is 5.32 Å². The van der Waals surface area contributed by atoms with E-state index in [0.717, 1.165) is 0 Å². The van der Waals surface area contributed by atoms with Crippen molar-refractivity contribution in [1.29, 1.82) is 0 Å². The number of hydrogen-bond acceptors (Lipinski definition) is 1. The maximum atomic E-state index is 3.46. The van der Waals surface area contributed by atoms with E-state index >= 15 is 0 Å². The molecule has 1 nitrogen and oxygen atoms in total. The molecule has 0 radical (unpaired) electrons. The molecule has 0 saturated heterocycles. The van der Waals surface area contributed by atoms with E-state index in [2.05, 4.69) is 50.4 Å². The predicted octanol–water partition coefficient (Wildman–Crippen LogP) is 3.17. The van der Waals surface area contributed by atoms with Gasteiger partial charge in [-0.2, -0.15) is 0 Å². The first-order chi connectivity index (χ1) is 5.70. The van der Waals surface area contributed by atoms with Gasteiger partial charge in [-0.15, -0.1) is 12.4 Å². The van der Waals surface area contributed by atoms with Crippen LogP contribution in [0.2, 0.25) is 0 Å². The normalized spacial score (nSPS) is 12.3. The highest BCUT2D eigenvalue weighted by atomic mass is 35.5. The van der Waals surface area contributed by atoms with Gasteiger partial charge in [0.25, 0.3) is 0 Å². The smallest absolute Gasteiger partial charge is 0.0294 e. The third-order valence-corrected chi connectivity index (χ3v) is 1.88. The third kappa shape index (κ3) is 4.30. The van der Waals surface area contributed by atoms with Crippen molar-refractivity contribution < 1.29 is 0 Å². The first-order valence-corrected chi connectivity index (χ1v) is 4.51. The summed E-state index contributed by atoms with van der Waals surface area (Å²) in [4.78, 5) is 0. The number of halogens is 1. The van der Waals surface area contributed by atoms with Crippen molar-refractivity contribution in [1.82, 2.24) is 5.32 Å². The van der Waals surface area contributed by atoms with Crippen LogP contribution in [0, 0.1) is 0 Å². The first-order valence-electron chi connectivity index (χ1n) is 4.51. The van der Waals surface area contributed by atoms with Gasteiger partial charge in [0.2, 0.25) is 0 Å². The van der Waals surface area contributed by atoms with Crippen LogP contribution in [0.25, 0.3) is 0 Å². The monoisotopic (exact) mass is 199 g/mol. The second-order valence-corrected chi connectivity index (χ2v) is 3.45. The van der Waals surface area contributed by atoms with Crippen molar-refractivity contribution >= 4 is 12.4 Å². The van der Waals surface area contributed by atoms with E-state index < -0.39 is 0 Å². The molecule has 0 bridgehead atoms. The molecule has 0 fully saturated rings. The van der Waals surface area contributed by atoms with Gasteiger partial charge in [0, 0.05) is 12.1 Å². The van der Waals surface area contributed by atoms with Gasteiger partial charge in [0.15, 0.2) is 0 Å². The summed E-state index contributed by atoms with van der Waals surface area (Å²) in [6.45, 7) is 6.52. The second-order valence-electron chi connectivity index (χ2n) is 3.45. The fourth-order valence-electron chi connectivity index (χ4n) is 1.34. The second kappa shape index (κ2) is 6.01. The number of nitrogens with one attached hydrogen (secondary N) is 1. The Bertz CT molecular complexity index is 221. The Morgan fingerprint density at radius 3 is 2.00 bits per heavy atom. The molecule has 0 spiro atoms. The Labute approximate surface area is 87.0 Å². The van der Waals surface area contributed by atoms with E-state index in [-0.39, 0.29) is 12.4 Å². The van der Waals surface area contributed by atoms with Gasteiger partial charge in [-0.1, -0.05) is 44.2 Å². The third-order valence-electron chi connectivity index (χ3n) is 1.88. The van der Waals surface area contributed by atoms with Crippen molar-refractivity contribution in [2.24, 2.45) is 0 Å². The fraction of sp³-hybridized carbons (Fsp3) is 0.455. The van der Waals surface area contributed by atoms with Crippen molar-refractivity contribution in [2.45, 2.75) is 32.9 Å². The molecule has 1 N–H and O–H groups in total. The van der Waals surface area contributed by atoms with E-state index in [1.807, 2.05) is 6.07 Å². The van der Waals surface area contributed by atoms with Gasteiger partial charge in [0.1, 0.15) is 0 Å². The van der Waals surface area contributed by atoms with Crippen LogP contribution in [-0.2, 0) is 0 Å². The minimum absolute atomic E-state index is 0. The number of hydrogen-bond donors (Lipinski definition) is 1. The summed E-state index contributed by atoms with van der Waals surface area (Å²) in [5, 5.41) is 3.46.